The first-order valence-corrected chi connectivity index (χ1v) is 12.5. The Morgan fingerprint density at radius 1 is 1.09 bits per heavy atom. The number of nitrogens with zero attached hydrogens (tertiary/aromatic N) is 4. The lowest BCUT2D eigenvalue weighted by Gasteiger charge is -2.20. The predicted molar refractivity (Wildman–Crippen MR) is 143 cm³/mol. The third-order valence-electron chi connectivity index (χ3n) is 5.95. The van der Waals surface area contributed by atoms with Gasteiger partial charge in [-0.15, -0.1) is 0 Å². The van der Waals surface area contributed by atoms with Gasteiger partial charge in [-0.1, -0.05) is 22.0 Å². The lowest BCUT2D eigenvalue weighted by Crippen LogP contribution is -2.28. The van der Waals surface area contributed by atoms with Crippen molar-refractivity contribution >= 4 is 56.4 Å². The number of hydrogen-bond donors (Lipinski definition) is 2. The number of amides is 2. The molecular weight excluding hydrogens is 508 g/mol. The molecule has 0 radical (unpaired) electrons. The van der Waals surface area contributed by atoms with Crippen molar-refractivity contribution in [2.75, 3.05) is 40.1 Å². The van der Waals surface area contributed by atoms with Crippen molar-refractivity contribution in [2.24, 2.45) is 5.92 Å². The Hall–Kier alpha value is -3.46. The summed E-state index contributed by atoms with van der Waals surface area (Å²) in [6, 6.07) is 16.9. The summed E-state index contributed by atoms with van der Waals surface area (Å²) in [4.78, 5) is 38.2. The minimum Gasteiger partial charge on any atom is -0.357 e. The van der Waals surface area contributed by atoms with E-state index in [1.165, 1.54) is 0 Å². The quantitative estimate of drug-likeness (QED) is 0.414. The number of halogens is 1. The largest absolute Gasteiger partial charge is 0.357 e. The molecule has 1 fully saturated rings. The molecule has 35 heavy (non-hydrogen) atoms. The number of carbonyl (C=O) groups is 2. The zero-order valence-corrected chi connectivity index (χ0v) is 21.7. The van der Waals surface area contributed by atoms with E-state index in [4.69, 9.17) is 0 Å². The molecule has 0 aliphatic carbocycles. The van der Waals surface area contributed by atoms with Crippen molar-refractivity contribution in [3.05, 3.63) is 64.9 Å². The number of benzene rings is 2. The van der Waals surface area contributed by atoms with E-state index in [-0.39, 0.29) is 18.2 Å². The molecule has 2 amide bonds. The number of aromatic nitrogens is 2. The van der Waals surface area contributed by atoms with Crippen LogP contribution in [0.5, 0.6) is 0 Å². The van der Waals surface area contributed by atoms with Crippen LogP contribution in [-0.4, -0.2) is 41.4 Å². The van der Waals surface area contributed by atoms with Crippen LogP contribution in [0.2, 0.25) is 0 Å². The molecule has 4 rings (SSSR count). The summed E-state index contributed by atoms with van der Waals surface area (Å²) >= 11 is 3.43. The van der Waals surface area contributed by atoms with Gasteiger partial charge in [0.2, 0.25) is 11.8 Å². The molecule has 0 spiro atoms. The van der Waals surface area contributed by atoms with Gasteiger partial charge in [0.05, 0.1) is 5.92 Å². The van der Waals surface area contributed by atoms with Gasteiger partial charge in [0.1, 0.15) is 17.5 Å². The second-order valence-electron chi connectivity index (χ2n) is 8.41. The molecule has 2 heterocycles. The van der Waals surface area contributed by atoms with Gasteiger partial charge in [0.25, 0.3) is 0 Å². The fourth-order valence-corrected chi connectivity index (χ4v) is 4.52. The average Bonchev–Trinajstić information content (AvgIpc) is 3.23. The Balaban J connectivity index is 1.38. The molecule has 9 heteroatoms. The van der Waals surface area contributed by atoms with Gasteiger partial charge in [-0.25, -0.2) is 9.97 Å². The summed E-state index contributed by atoms with van der Waals surface area (Å²) in [7, 11) is 0. The maximum atomic E-state index is 12.8. The zero-order valence-electron chi connectivity index (χ0n) is 20.1. The van der Waals surface area contributed by atoms with Crippen LogP contribution in [0.3, 0.4) is 0 Å². The van der Waals surface area contributed by atoms with Gasteiger partial charge in [-0.05, 0) is 63.2 Å². The minimum atomic E-state index is -0.401. The molecule has 1 aliphatic heterocycles. The molecule has 3 aromatic rings. The molecule has 2 N–H and O–H groups in total. The summed E-state index contributed by atoms with van der Waals surface area (Å²) < 4.78 is 0.894. The van der Waals surface area contributed by atoms with Crippen molar-refractivity contribution < 1.29 is 9.59 Å². The molecule has 1 saturated heterocycles. The predicted octanol–water partition coefficient (Wildman–Crippen LogP) is 5.13. The van der Waals surface area contributed by atoms with Crippen LogP contribution in [-0.2, 0) is 9.59 Å². The van der Waals surface area contributed by atoms with E-state index in [1.54, 1.807) is 4.90 Å². The van der Waals surface area contributed by atoms with Crippen molar-refractivity contribution in [3.8, 4) is 0 Å². The molecule has 1 aromatic heterocycles. The number of nitrogens with one attached hydrogen (secondary N) is 2. The van der Waals surface area contributed by atoms with Gasteiger partial charge in [-0.2, -0.15) is 0 Å². The van der Waals surface area contributed by atoms with E-state index < -0.39 is 5.92 Å². The van der Waals surface area contributed by atoms with Crippen LogP contribution in [0.25, 0.3) is 0 Å². The second kappa shape index (κ2) is 10.9. The highest BCUT2D eigenvalue weighted by molar-refractivity contribution is 9.10. The topological polar surface area (TPSA) is 90.5 Å². The van der Waals surface area contributed by atoms with E-state index in [0.717, 1.165) is 34.8 Å². The SMILES string of the molecule is CCN(CC)c1cc(Nc2ccc(NC(=O)C3CC(=O)N(c4cccc(Br)c4)C3)cc2)nc(C)n1. The number of hydrogen-bond acceptors (Lipinski definition) is 6. The van der Waals surface area contributed by atoms with Gasteiger partial charge < -0.3 is 20.4 Å². The van der Waals surface area contributed by atoms with Crippen LogP contribution in [0.15, 0.2) is 59.1 Å². The third kappa shape index (κ3) is 5.97. The minimum absolute atomic E-state index is 0.0491. The lowest BCUT2D eigenvalue weighted by atomic mass is 10.1. The maximum Gasteiger partial charge on any atom is 0.229 e. The molecular formula is C26H29BrN6O2. The highest BCUT2D eigenvalue weighted by Gasteiger charge is 2.35. The first kappa shape index (κ1) is 24.7. The van der Waals surface area contributed by atoms with Crippen LogP contribution < -0.4 is 20.4 Å². The summed E-state index contributed by atoms with van der Waals surface area (Å²) in [5, 5.41) is 6.25. The van der Waals surface area contributed by atoms with E-state index >= 15 is 0 Å². The Labute approximate surface area is 213 Å². The lowest BCUT2D eigenvalue weighted by molar-refractivity contribution is -0.122. The van der Waals surface area contributed by atoms with Gasteiger partial charge in [0, 0.05) is 53.7 Å². The normalized spacial score (nSPS) is 15.3. The van der Waals surface area contributed by atoms with Gasteiger partial charge >= 0.3 is 0 Å². The molecule has 0 saturated carbocycles. The van der Waals surface area contributed by atoms with E-state index in [9.17, 15) is 9.59 Å². The number of aryl methyl sites for hydroxylation is 1. The van der Waals surface area contributed by atoms with Crippen LogP contribution in [0.4, 0.5) is 28.7 Å². The molecule has 1 aliphatic rings. The van der Waals surface area contributed by atoms with E-state index in [0.29, 0.717) is 23.9 Å². The van der Waals surface area contributed by atoms with E-state index in [1.807, 2.05) is 61.5 Å². The fraction of sp³-hybridized carbons (Fsp3) is 0.308. The van der Waals surface area contributed by atoms with Crippen LogP contribution >= 0.6 is 15.9 Å². The van der Waals surface area contributed by atoms with E-state index in [2.05, 4.69) is 55.3 Å². The first-order valence-electron chi connectivity index (χ1n) is 11.7. The molecule has 182 valence electrons. The average molecular weight is 537 g/mol. The van der Waals surface area contributed by atoms with Gasteiger partial charge in [-0.3, -0.25) is 9.59 Å². The highest BCUT2D eigenvalue weighted by atomic mass is 79.9. The molecule has 8 nitrogen and oxygen atoms in total. The zero-order chi connectivity index (χ0) is 24.9. The molecule has 0 bridgehead atoms. The number of anilines is 5. The summed E-state index contributed by atoms with van der Waals surface area (Å²) in [5.41, 5.74) is 2.32. The molecule has 1 unspecified atom stereocenters. The van der Waals surface area contributed by atoms with Crippen molar-refractivity contribution in [1.29, 1.82) is 0 Å². The van der Waals surface area contributed by atoms with Crippen LogP contribution in [0, 0.1) is 12.8 Å². The fourth-order valence-electron chi connectivity index (χ4n) is 4.13. The first-order chi connectivity index (χ1) is 16.9. The summed E-state index contributed by atoms with van der Waals surface area (Å²) in [6.45, 7) is 8.18. The van der Waals surface area contributed by atoms with Gasteiger partial charge in [0.15, 0.2) is 0 Å². The number of carbonyl (C=O) groups excluding carboxylic acids is 2. The Morgan fingerprint density at radius 2 is 1.80 bits per heavy atom. The van der Waals surface area contributed by atoms with Crippen LogP contribution in [0.1, 0.15) is 26.1 Å². The van der Waals surface area contributed by atoms with Crippen molar-refractivity contribution in [3.63, 3.8) is 0 Å². The molecule has 1 atom stereocenters. The molecule has 2 aromatic carbocycles. The Kier molecular flexibility index (Phi) is 7.65. The second-order valence-corrected chi connectivity index (χ2v) is 9.32. The summed E-state index contributed by atoms with van der Waals surface area (Å²) in [5.74, 6) is 1.69. The number of rotatable bonds is 8. The monoisotopic (exact) mass is 536 g/mol. The summed E-state index contributed by atoms with van der Waals surface area (Å²) in [6.07, 6.45) is 0.194. The highest BCUT2D eigenvalue weighted by Crippen LogP contribution is 2.28. The third-order valence-corrected chi connectivity index (χ3v) is 6.45. The van der Waals surface area contributed by atoms with Crippen molar-refractivity contribution in [1.82, 2.24) is 9.97 Å². The Bertz CT molecular complexity index is 1210. The Morgan fingerprint density at radius 3 is 2.49 bits per heavy atom. The maximum absolute atomic E-state index is 12.8. The standard InChI is InChI=1S/C26H29BrN6O2/c1-4-32(5-2)24-15-23(28-17(3)29-24)30-20-9-11-21(12-10-20)31-26(35)18-13-25(34)33(16-18)22-8-6-7-19(27)14-22/h6-12,14-15,18H,4-5,13,16H2,1-3H3,(H,31,35)(H,28,29,30). The smallest absolute Gasteiger partial charge is 0.229 e. The van der Waals surface area contributed by atoms with Crippen molar-refractivity contribution in [2.45, 2.75) is 27.2 Å².